The van der Waals surface area contributed by atoms with Crippen LogP contribution in [0.15, 0.2) is 92.1 Å². The zero-order valence-electron chi connectivity index (χ0n) is 20.1. The van der Waals surface area contributed by atoms with E-state index in [9.17, 15) is 13.2 Å². The van der Waals surface area contributed by atoms with Gasteiger partial charge in [-0.1, -0.05) is 59.8 Å². The number of hydrogen-bond donors (Lipinski definition) is 1. The molecule has 8 nitrogen and oxygen atoms in total. The number of carbonyl (C=O) groups excluding carboxylic acids is 1. The Kier molecular flexibility index (Phi) is 6.99. The summed E-state index contributed by atoms with van der Waals surface area (Å²) in [5.74, 6) is -0.473. The van der Waals surface area contributed by atoms with E-state index in [1.807, 2.05) is 42.7 Å². The number of fused-ring (bicyclic) bond motifs is 1. The molecule has 0 saturated carbocycles. The summed E-state index contributed by atoms with van der Waals surface area (Å²) in [7, 11) is -2.75. The van der Waals surface area contributed by atoms with Crippen molar-refractivity contribution in [1.29, 1.82) is 5.41 Å². The largest absolute Gasteiger partial charge is 0.493 e. The second kappa shape index (κ2) is 10.2. The number of amides is 1. The van der Waals surface area contributed by atoms with Gasteiger partial charge >= 0.3 is 10.1 Å². The van der Waals surface area contributed by atoms with Crippen LogP contribution in [0, 0.1) is 12.3 Å². The maximum atomic E-state index is 12.9. The Bertz CT molecular complexity index is 1660. The first-order valence-electron chi connectivity index (χ1n) is 11.2. The first-order chi connectivity index (χ1) is 18.2. The smallest absolute Gasteiger partial charge is 0.339 e. The second-order valence-corrected chi connectivity index (χ2v) is 11.6. The lowest BCUT2D eigenvalue weighted by Gasteiger charge is -2.27. The van der Waals surface area contributed by atoms with E-state index in [1.54, 1.807) is 23.1 Å². The zero-order valence-corrected chi connectivity index (χ0v) is 23.4. The minimum absolute atomic E-state index is 0.00363. The van der Waals surface area contributed by atoms with Gasteiger partial charge in [0.15, 0.2) is 16.7 Å². The van der Waals surface area contributed by atoms with Crippen molar-refractivity contribution in [3.05, 3.63) is 98.9 Å². The number of nitrogens with one attached hydrogen (secondary N) is 1. The van der Waals surface area contributed by atoms with Crippen LogP contribution in [0.3, 0.4) is 0 Å². The van der Waals surface area contributed by atoms with Crippen molar-refractivity contribution in [2.75, 3.05) is 7.11 Å². The summed E-state index contributed by atoms with van der Waals surface area (Å²) in [4.78, 5) is 18.7. The predicted molar refractivity (Wildman–Crippen MR) is 152 cm³/mol. The number of aliphatic imine (C=N–C) groups is 1. The van der Waals surface area contributed by atoms with E-state index >= 15 is 0 Å². The third-order valence-electron chi connectivity index (χ3n) is 5.75. The lowest BCUT2D eigenvalue weighted by Crippen LogP contribution is -2.38. The summed E-state index contributed by atoms with van der Waals surface area (Å²) in [6.07, 6.45) is 1.52. The van der Waals surface area contributed by atoms with Crippen LogP contribution < -0.4 is 8.92 Å². The van der Waals surface area contributed by atoms with E-state index < -0.39 is 16.0 Å². The van der Waals surface area contributed by atoms with Gasteiger partial charge in [-0.15, -0.1) is 0 Å². The maximum absolute atomic E-state index is 12.9. The van der Waals surface area contributed by atoms with Crippen LogP contribution in [0.5, 0.6) is 11.5 Å². The first kappa shape index (κ1) is 26.0. The van der Waals surface area contributed by atoms with Gasteiger partial charge in [0.05, 0.1) is 22.9 Å². The van der Waals surface area contributed by atoms with E-state index in [4.69, 9.17) is 14.3 Å². The Balaban J connectivity index is 1.48. The number of rotatable bonds is 6. The molecule has 0 radical (unpaired) electrons. The molecule has 0 saturated heterocycles. The lowest BCUT2D eigenvalue weighted by atomic mass is 10.1. The molecule has 0 fully saturated rings. The highest BCUT2D eigenvalue weighted by molar-refractivity contribution is 9.10. The van der Waals surface area contributed by atoms with Gasteiger partial charge in [0.2, 0.25) is 0 Å². The molecule has 3 aromatic carbocycles. The van der Waals surface area contributed by atoms with Crippen molar-refractivity contribution in [2.24, 2.45) is 4.99 Å². The molecule has 2 aliphatic rings. The number of nitrogens with zero attached hydrogens (tertiary/aromatic N) is 2. The molecule has 11 heteroatoms. The Morgan fingerprint density at radius 2 is 1.79 bits per heavy atom. The Hall–Kier alpha value is -3.67. The van der Waals surface area contributed by atoms with Crippen LogP contribution >= 0.6 is 27.7 Å². The third-order valence-corrected chi connectivity index (χ3v) is 8.40. The van der Waals surface area contributed by atoms with Gasteiger partial charge < -0.3 is 8.92 Å². The SMILES string of the molecule is COc1cc(/C=C2/C(=N)N3C(c4ccccc4)=CSC3=NC2=O)cc(Br)c1OS(=O)(=O)c1ccc(C)cc1. The molecule has 3 aromatic rings. The summed E-state index contributed by atoms with van der Waals surface area (Å²) in [5.41, 5.74) is 3.12. The van der Waals surface area contributed by atoms with Gasteiger partial charge in [0.1, 0.15) is 10.7 Å². The lowest BCUT2D eigenvalue weighted by molar-refractivity contribution is -0.114. The summed E-state index contributed by atoms with van der Waals surface area (Å²) >= 11 is 4.65. The van der Waals surface area contributed by atoms with Crippen LogP contribution in [0.1, 0.15) is 16.7 Å². The van der Waals surface area contributed by atoms with Crippen LogP contribution in [0.2, 0.25) is 0 Å². The normalized spacial score (nSPS) is 16.3. The van der Waals surface area contributed by atoms with Crippen molar-refractivity contribution in [3.8, 4) is 11.5 Å². The first-order valence-corrected chi connectivity index (χ1v) is 14.3. The van der Waals surface area contributed by atoms with E-state index in [0.29, 0.717) is 15.2 Å². The molecule has 0 unspecified atom stereocenters. The molecule has 2 heterocycles. The van der Waals surface area contributed by atoms with Crippen LogP contribution in [0.4, 0.5) is 0 Å². The molecular weight excluding hydrogens is 590 g/mol. The van der Waals surface area contributed by atoms with Gasteiger partial charge in [-0.3, -0.25) is 15.1 Å². The highest BCUT2D eigenvalue weighted by Gasteiger charge is 2.36. The Labute approximate surface area is 232 Å². The van der Waals surface area contributed by atoms with E-state index in [0.717, 1.165) is 16.8 Å². The quantitative estimate of drug-likeness (QED) is 0.276. The number of halogens is 1. The minimum Gasteiger partial charge on any atom is -0.493 e. The van der Waals surface area contributed by atoms with Crippen LogP contribution in [-0.2, 0) is 14.9 Å². The Morgan fingerprint density at radius 1 is 1.08 bits per heavy atom. The number of thioether (sulfide) groups is 1. The van der Waals surface area contributed by atoms with Gasteiger partial charge in [-0.05, 0) is 64.3 Å². The van der Waals surface area contributed by atoms with Gasteiger partial charge in [0, 0.05) is 5.41 Å². The average molecular weight is 611 g/mol. The molecule has 0 spiro atoms. The van der Waals surface area contributed by atoms with Crippen molar-refractivity contribution in [1.82, 2.24) is 4.90 Å². The fraction of sp³-hybridized carbons (Fsp3) is 0.0741. The van der Waals surface area contributed by atoms with Gasteiger partial charge in [-0.2, -0.15) is 13.4 Å². The number of methoxy groups -OCH3 is 1. The van der Waals surface area contributed by atoms with Crippen LogP contribution in [-0.4, -0.2) is 37.3 Å². The molecular formula is C27H20BrN3O5S2. The topological polar surface area (TPSA) is 109 Å². The fourth-order valence-electron chi connectivity index (χ4n) is 3.85. The minimum atomic E-state index is -4.13. The predicted octanol–water partition coefficient (Wildman–Crippen LogP) is 5.84. The maximum Gasteiger partial charge on any atom is 0.339 e. The summed E-state index contributed by atoms with van der Waals surface area (Å²) < 4.78 is 36.9. The van der Waals surface area contributed by atoms with Gasteiger partial charge in [-0.25, -0.2) is 0 Å². The van der Waals surface area contributed by atoms with Crippen molar-refractivity contribution in [3.63, 3.8) is 0 Å². The number of aryl methyl sites for hydroxylation is 1. The standard InChI is InChI=1S/C27H20BrN3O5S2/c1-16-8-10-19(11-9-16)38(33,34)36-24-21(28)13-17(14-23(24)35-2)12-20-25(29)31-22(18-6-4-3-5-7-18)15-37-27(31)30-26(20)32/h3-15,29H,1-2H3/b20-12-,29-25?. The Morgan fingerprint density at radius 3 is 2.47 bits per heavy atom. The number of amidine groups is 2. The summed E-state index contributed by atoms with van der Waals surface area (Å²) in [6.45, 7) is 1.86. The summed E-state index contributed by atoms with van der Waals surface area (Å²) in [5, 5.41) is 11.1. The molecule has 2 aliphatic heterocycles. The molecule has 5 rings (SSSR count). The molecule has 38 heavy (non-hydrogen) atoms. The fourth-order valence-corrected chi connectivity index (χ4v) is 6.34. The second-order valence-electron chi connectivity index (χ2n) is 8.31. The highest BCUT2D eigenvalue weighted by Crippen LogP contribution is 2.40. The molecule has 0 atom stereocenters. The highest BCUT2D eigenvalue weighted by atomic mass is 79.9. The number of hydrogen-bond acceptors (Lipinski definition) is 7. The molecule has 0 aromatic heterocycles. The molecule has 192 valence electrons. The number of ether oxygens (including phenoxy) is 1. The number of carbonyl (C=O) groups is 1. The summed E-state index contributed by atoms with van der Waals surface area (Å²) in [6, 6.07) is 19.0. The van der Waals surface area contributed by atoms with Crippen molar-refractivity contribution in [2.45, 2.75) is 11.8 Å². The van der Waals surface area contributed by atoms with Crippen LogP contribution in [0.25, 0.3) is 11.8 Å². The van der Waals surface area contributed by atoms with Crippen molar-refractivity contribution < 1.29 is 22.1 Å². The van der Waals surface area contributed by atoms with E-state index in [-0.39, 0.29) is 27.8 Å². The number of benzene rings is 3. The van der Waals surface area contributed by atoms with Gasteiger partial charge in [0.25, 0.3) is 5.91 Å². The van der Waals surface area contributed by atoms with E-state index in [1.165, 1.54) is 43.1 Å². The van der Waals surface area contributed by atoms with Crippen molar-refractivity contribution >= 4 is 66.5 Å². The molecule has 0 aliphatic carbocycles. The molecule has 1 amide bonds. The zero-order chi connectivity index (χ0) is 27.0. The average Bonchev–Trinajstić information content (AvgIpc) is 3.32. The molecule has 0 bridgehead atoms. The van der Waals surface area contributed by atoms with E-state index in [2.05, 4.69) is 20.9 Å². The molecule has 1 N–H and O–H groups in total. The third kappa shape index (κ3) is 4.92. The monoisotopic (exact) mass is 609 g/mol.